The van der Waals surface area contributed by atoms with Crippen molar-refractivity contribution >= 4 is 37.3 Å². The van der Waals surface area contributed by atoms with Crippen LogP contribution in [0.25, 0.3) is 12.2 Å². The Labute approximate surface area is 117 Å². The van der Waals surface area contributed by atoms with Crippen molar-refractivity contribution in [2.24, 2.45) is 0 Å². The van der Waals surface area contributed by atoms with E-state index in [0.717, 1.165) is 11.1 Å². The summed E-state index contributed by atoms with van der Waals surface area (Å²) in [6.45, 7) is 0. The van der Waals surface area contributed by atoms with Gasteiger partial charge in [-0.2, -0.15) is 0 Å². The minimum atomic E-state index is -1.45. The number of hydrogen-bond donors (Lipinski definition) is 4. The molecule has 0 spiro atoms. The summed E-state index contributed by atoms with van der Waals surface area (Å²) in [6, 6.07) is 13.7. The van der Waals surface area contributed by atoms with E-state index in [4.69, 9.17) is 20.1 Å². The second-order valence-corrected chi connectivity index (χ2v) is 4.41. The van der Waals surface area contributed by atoms with Crippen LogP contribution in [0.15, 0.2) is 48.5 Å². The molecule has 0 unspecified atom stereocenters. The maximum absolute atomic E-state index is 8.99. The van der Waals surface area contributed by atoms with Crippen molar-refractivity contribution < 1.29 is 20.1 Å². The monoisotopic (exact) mass is 268 g/mol. The maximum atomic E-state index is 8.99. The topological polar surface area (TPSA) is 80.9 Å². The molecule has 100 valence electrons. The van der Waals surface area contributed by atoms with Crippen molar-refractivity contribution in [1.29, 1.82) is 0 Å². The molecule has 0 aliphatic carbocycles. The van der Waals surface area contributed by atoms with Gasteiger partial charge in [0.25, 0.3) is 0 Å². The summed E-state index contributed by atoms with van der Waals surface area (Å²) in [5.74, 6) is 0. The summed E-state index contributed by atoms with van der Waals surface area (Å²) in [6.07, 6.45) is 3.77. The highest BCUT2D eigenvalue weighted by atomic mass is 16.4. The van der Waals surface area contributed by atoms with Gasteiger partial charge in [-0.1, -0.05) is 60.7 Å². The third-order valence-corrected chi connectivity index (χ3v) is 2.94. The molecule has 4 N–H and O–H groups in total. The minimum Gasteiger partial charge on any atom is -0.423 e. The third-order valence-electron chi connectivity index (χ3n) is 2.94. The van der Waals surface area contributed by atoms with Gasteiger partial charge in [0.15, 0.2) is 0 Å². The molecular formula is C14H14B2O4. The predicted molar refractivity (Wildman–Crippen MR) is 81.5 cm³/mol. The summed E-state index contributed by atoms with van der Waals surface area (Å²) >= 11 is 0. The molecule has 0 aliphatic heterocycles. The fourth-order valence-electron chi connectivity index (χ4n) is 1.75. The van der Waals surface area contributed by atoms with Crippen molar-refractivity contribution in [3.05, 3.63) is 59.7 Å². The van der Waals surface area contributed by atoms with Gasteiger partial charge in [-0.25, -0.2) is 0 Å². The zero-order valence-corrected chi connectivity index (χ0v) is 10.7. The Hall–Kier alpha value is -1.85. The van der Waals surface area contributed by atoms with Crippen LogP contribution in [-0.4, -0.2) is 34.3 Å². The summed E-state index contributed by atoms with van der Waals surface area (Å²) in [7, 11) is -2.91. The Bertz CT molecular complexity index is 524. The number of benzene rings is 2. The van der Waals surface area contributed by atoms with E-state index in [0.29, 0.717) is 10.9 Å². The Kier molecular flexibility index (Phi) is 4.76. The third kappa shape index (κ3) is 3.82. The second-order valence-electron chi connectivity index (χ2n) is 4.41. The molecule has 4 nitrogen and oxygen atoms in total. The van der Waals surface area contributed by atoms with Crippen LogP contribution in [-0.2, 0) is 0 Å². The SMILES string of the molecule is OB(O)c1ccc(/C=C/c2ccc(B(O)O)cc2)cc1. The quantitative estimate of drug-likeness (QED) is 0.433. The van der Waals surface area contributed by atoms with Crippen LogP contribution >= 0.6 is 0 Å². The molecule has 0 radical (unpaired) electrons. The molecule has 2 aromatic carbocycles. The van der Waals surface area contributed by atoms with E-state index >= 15 is 0 Å². The molecule has 20 heavy (non-hydrogen) atoms. The predicted octanol–water partition coefficient (Wildman–Crippen LogP) is -0.783. The van der Waals surface area contributed by atoms with E-state index in [9.17, 15) is 0 Å². The lowest BCUT2D eigenvalue weighted by atomic mass is 9.80. The van der Waals surface area contributed by atoms with Crippen LogP contribution < -0.4 is 10.9 Å². The van der Waals surface area contributed by atoms with Crippen LogP contribution in [0.4, 0.5) is 0 Å². The van der Waals surface area contributed by atoms with Gasteiger partial charge in [-0.15, -0.1) is 0 Å². The van der Waals surface area contributed by atoms with Crippen molar-refractivity contribution in [1.82, 2.24) is 0 Å². The molecule has 0 fully saturated rings. The summed E-state index contributed by atoms with van der Waals surface area (Å²) in [5.41, 5.74) is 2.76. The number of rotatable bonds is 4. The van der Waals surface area contributed by atoms with Gasteiger partial charge in [0.2, 0.25) is 0 Å². The van der Waals surface area contributed by atoms with E-state index < -0.39 is 14.2 Å². The first-order valence-corrected chi connectivity index (χ1v) is 6.16. The van der Waals surface area contributed by atoms with Crippen molar-refractivity contribution in [3.8, 4) is 0 Å². The van der Waals surface area contributed by atoms with Gasteiger partial charge in [-0.05, 0) is 22.1 Å². The molecule has 0 heterocycles. The molecule has 0 amide bonds. The van der Waals surface area contributed by atoms with Gasteiger partial charge in [0.05, 0.1) is 0 Å². The molecule has 2 aromatic rings. The zero-order chi connectivity index (χ0) is 14.5. The largest absolute Gasteiger partial charge is 0.488 e. The lowest BCUT2D eigenvalue weighted by molar-refractivity contribution is 0.424. The highest BCUT2D eigenvalue weighted by Crippen LogP contribution is 2.06. The van der Waals surface area contributed by atoms with Crippen LogP contribution in [0.5, 0.6) is 0 Å². The Morgan fingerprint density at radius 2 is 0.850 bits per heavy atom. The molecule has 0 bridgehead atoms. The van der Waals surface area contributed by atoms with E-state index in [1.807, 2.05) is 12.2 Å². The average molecular weight is 268 g/mol. The summed E-state index contributed by atoms with van der Waals surface area (Å²) < 4.78 is 0. The fourth-order valence-corrected chi connectivity index (χ4v) is 1.75. The smallest absolute Gasteiger partial charge is 0.423 e. The fraction of sp³-hybridized carbons (Fsp3) is 0. The van der Waals surface area contributed by atoms with Crippen molar-refractivity contribution in [2.45, 2.75) is 0 Å². The first kappa shape index (κ1) is 14.6. The first-order chi connectivity index (χ1) is 9.56. The van der Waals surface area contributed by atoms with Crippen molar-refractivity contribution in [2.75, 3.05) is 0 Å². The Balaban J connectivity index is 2.08. The van der Waals surface area contributed by atoms with Gasteiger partial charge in [0.1, 0.15) is 0 Å². The van der Waals surface area contributed by atoms with E-state index in [-0.39, 0.29) is 0 Å². The first-order valence-electron chi connectivity index (χ1n) is 6.16. The summed E-state index contributed by atoms with van der Waals surface area (Å²) in [4.78, 5) is 0. The Morgan fingerprint density at radius 1 is 0.550 bits per heavy atom. The molecule has 0 atom stereocenters. The second kappa shape index (κ2) is 6.54. The average Bonchev–Trinajstić information content (AvgIpc) is 2.46. The standard InChI is InChI=1S/C14H14B2O4/c17-15(18)13-7-3-11(4-8-13)1-2-12-5-9-14(10-6-12)16(19)20/h1-10,17-20H/b2-1+. The molecule has 0 aliphatic rings. The highest BCUT2D eigenvalue weighted by Gasteiger charge is 2.09. The normalized spacial score (nSPS) is 10.8. The molecule has 6 heteroatoms. The zero-order valence-electron chi connectivity index (χ0n) is 10.7. The van der Waals surface area contributed by atoms with Crippen LogP contribution in [0.2, 0.25) is 0 Å². The van der Waals surface area contributed by atoms with Crippen molar-refractivity contribution in [3.63, 3.8) is 0 Å². The minimum absolute atomic E-state index is 0.448. The van der Waals surface area contributed by atoms with Crippen LogP contribution in [0.1, 0.15) is 11.1 Å². The Morgan fingerprint density at radius 3 is 1.10 bits per heavy atom. The highest BCUT2D eigenvalue weighted by molar-refractivity contribution is 6.58. The molecule has 0 saturated carbocycles. The molecule has 2 rings (SSSR count). The maximum Gasteiger partial charge on any atom is 0.488 e. The van der Waals surface area contributed by atoms with Crippen LogP contribution in [0, 0.1) is 0 Å². The van der Waals surface area contributed by atoms with E-state index in [1.165, 1.54) is 0 Å². The van der Waals surface area contributed by atoms with Crippen LogP contribution in [0.3, 0.4) is 0 Å². The van der Waals surface area contributed by atoms with E-state index in [2.05, 4.69) is 0 Å². The molecular weight excluding hydrogens is 254 g/mol. The molecule has 0 aromatic heterocycles. The van der Waals surface area contributed by atoms with Gasteiger partial charge >= 0.3 is 14.2 Å². The molecule has 0 saturated heterocycles. The lowest BCUT2D eigenvalue weighted by Crippen LogP contribution is -2.29. The van der Waals surface area contributed by atoms with Gasteiger partial charge in [-0.3, -0.25) is 0 Å². The summed E-state index contributed by atoms with van der Waals surface area (Å²) in [5, 5.41) is 36.0. The van der Waals surface area contributed by atoms with E-state index in [1.54, 1.807) is 48.5 Å². The van der Waals surface area contributed by atoms with Gasteiger partial charge < -0.3 is 20.1 Å². The lowest BCUT2D eigenvalue weighted by Gasteiger charge is -2.01. The number of hydrogen-bond acceptors (Lipinski definition) is 4. The van der Waals surface area contributed by atoms with Gasteiger partial charge in [0, 0.05) is 0 Å².